The molecular weight excluding hydrogens is 352 g/mol. The van der Waals surface area contributed by atoms with E-state index in [1.54, 1.807) is 24.3 Å². The van der Waals surface area contributed by atoms with Gasteiger partial charge in [-0.1, -0.05) is 29.3 Å². The molecule has 0 spiro atoms. The minimum absolute atomic E-state index is 0.360. The molecular formula is C14H11BrCl2FN. The molecule has 0 radical (unpaired) electrons. The maximum atomic E-state index is 14.0. The number of hydrogen-bond donors (Lipinski definition) is 1. The van der Waals surface area contributed by atoms with Crippen LogP contribution < -0.4 is 5.73 Å². The molecule has 0 heterocycles. The van der Waals surface area contributed by atoms with Crippen LogP contribution in [0.5, 0.6) is 0 Å². The monoisotopic (exact) mass is 361 g/mol. The smallest absolute Gasteiger partial charge is 0.129 e. The number of rotatable bonds is 2. The predicted molar refractivity (Wildman–Crippen MR) is 81.3 cm³/mol. The van der Waals surface area contributed by atoms with Crippen LogP contribution in [0.4, 0.5) is 4.39 Å². The molecule has 0 amide bonds. The second kappa shape index (κ2) is 5.80. The lowest BCUT2D eigenvalue weighted by Crippen LogP contribution is -2.15. The number of halogens is 4. The van der Waals surface area contributed by atoms with Crippen molar-refractivity contribution < 1.29 is 4.39 Å². The third-order valence-electron chi connectivity index (χ3n) is 2.94. The predicted octanol–water partition coefficient (Wildman–Crippen LogP) is 5.25. The molecule has 2 aromatic rings. The van der Waals surface area contributed by atoms with Crippen LogP contribution in [0.25, 0.3) is 0 Å². The van der Waals surface area contributed by atoms with E-state index in [1.165, 1.54) is 6.07 Å². The lowest BCUT2D eigenvalue weighted by Gasteiger charge is -2.17. The first kappa shape index (κ1) is 14.8. The molecule has 1 nitrogen and oxygen atoms in total. The van der Waals surface area contributed by atoms with Crippen molar-refractivity contribution in [3.8, 4) is 0 Å². The van der Waals surface area contributed by atoms with Crippen molar-refractivity contribution in [1.29, 1.82) is 0 Å². The molecule has 0 aliphatic carbocycles. The Morgan fingerprint density at radius 2 is 1.84 bits per heavy atom. The zero-order chi connectivity index (χ0) is 14.2. The maximum absolute atomic E-state index is 14.0. The number of hydrogen-bond acceptors (Lipinski definition) is 1. The van der Waals surface area contributed by atoms with Gasteiger partial charge in [-0.25, -0.2) is 4.39 Å². The van der Waals surface area contributed by atoms with Gasteiger partial charge in [0.1, 0.15) is 5.82 Å². The molecule has 0 saturated carbocycles. The molecule has 2 aromatic carbocycles. The van der Waals surface area contributed by atoms with Crippen molar-refractivity contribution in [3.63, 3.8) is 0 Å². The van der Waals surface area contributed by atoms with E-state index in [2.05, 4.69) is 15.9 Å². The summed E-state index contributed by atoms with van der Waals surface area (Å²) in [5.74, 6) is -0.391. The van der Waals surface area contributed by atoms with Crippen LogP contribution in [-0.2, 0) is 0 Å². The molecule has 1 atom stereocenters. The lowest BCUT2D eigenvalue weighted by atomic mass is 9.95. The van der Waals surface area contributed by atoms with Crippen molar-refractivity contribution in [3.05, 3.63) is 67.4 Å². The highest BCUT2D eigenvalue weighted by Crippen LogP contribution is 2.32. The van der Waals surface area contributed by atoms with Crippen molar-refractivity contribution in [2.45, 2.75) is 13.0 Å². The summed E-state index contributed by atoms with van der Waals surface area (Å²) < 4.78 is 14.5. The van der Waals surface area contributed by atoms with E-state index < -0.39 is 11.9 Å². The summed E-state index contributed by atoms with van der Waals surface area (Å²) in [5, 5.41) is 1.06. The van der Waals surface area contributed by atoms with Crippen molar-refractivity contribution in [2.75, 3.05) is 0 Å². The molecule has 0 aromatic heterocycles. The van der Waals surface area contributed by atoms with Gasteiger partial charge in [0.25, 0.3) is 0 Å². The third-order valence-corrected chi connectivity index (χ3v) is 4.37. The Bertz CT molecular complexity index is 631. The molecule has 2 N–H and O–H groups in total. The number of benzene rings is 2. The first-order chi connectivity index (χ1) is 8.90. The maximum Gasteiger partial charge on any atom is 0.129 e. The van der Waals surface area contributed by atoms with Crippen LogP contribution in [0, 0.1) is 12.7 Å². The summed E-state index contributed by atoms with van der Waals surface area (Å²) in [4.78, 5) is 0. The van der Waals surface area contributed by atoms with Crippen LogP contribution in [0.2, 0.25) is 10.0 Å². The highest BCUT2D eigenvalue weighted by Gasteiger charge is 2.17. The van der Waals surface area contributed by atoms with E-state index in [0.29, 0.717) is 20.1 Å². The zero-order valence-electron chi connectivity index (χ0n) is 10.1. The number of nitrogens with two attached hydrogens (primary N) is 1. The summed E-state index contributed by atoms with van der Waals surface area (Å²) in [5.41, 5.74) is 8.23. The highest BCUT2D eigenvalue weighted by molar-refractivity contribution is 9.10. The minimum atomic E-state index is -0.581. The molecule has 100 valence electrons. The van der Waals surface area contributed by atoms with Gasteiger partial charge in [-0.3, -0.25) is 0 Å². The number of aryl methyl sites for hydroxylation is 1. The second-order valence-electron chi connectivity index (χ2n) is 4.27. The average Bonchev–Trinajstić information content (AvgIpc) is 2.33. The summed E-state index contributed by atoms with van der Waals surface area (Å²) in [6.45, 7) is 1.89. The molecule has 0 saturated heterocycles. The first-order valence-electron chi connectivity index (χ1n) is 5.56. The van der Waals surface area contributed by atoms with E-state index in [1.807, 2.05) is 6.92 Å². The van der Waals surface area contributed by atoms with Crippen LogP contribution in [0.15, 0.2) is 34.8 Å². The van der Waals surface area contributed by atoms with Crippen molar-refractivity contribution >= 4 is 39.1 Å². The van der Waals surface area contributed by atoms with Gasteiger partial charge in [-0.2, -0.15) is 0 Å². The summed E-state index contributed by atoms with van der Waals surface area (Å²) in [6.07, 6.45) is 0. The average molecular weight is 363 g/mol. The topological polar surface area (TPSA) is 26.0 Å². The molecule has 0 aliphatic rings. The largest absolute Gasteiger partial charge is 0.320 e. The molecule has 0 bridgehead atoms. The fraction of sp³-hybridized carbons (Fsp3) is 0.143. The lowest BCUT2D eigenvalue weighted by molar-refractivity contribution is 0.598. The Morgan fingerprint density at radius 3 is 2.47 bits per heavy atom. The Hall–Kier alpha value is -0.610. The Balaban J connectivity index is 2.49. The van der Waals surface area contributed by atoms with Gasteiger partial charge in [-0.05, 0) is 58.2 Å². The van der Waals surface area contributed by atoms with Gasteiger partial charge in [0.2, 0.25) is 0 Å². The van der Waals surface area contributed by atoms with E-state index in [4.69, 9.17) is 28.9 Å². The summed E-state index contributed by atoms with van der Waals surface area (Å²) >= 11 is 15.1. The van der Waals surface area contributed by atoms with E-state index >= 15 is 0 Å². The van der Waals surface area contributed by atoms with Crippen LogP contribution in [0.1, 0.15) is 22.7 Å². The molecule has 1 unspecified atom stereocenters. The quantitative estimate of drug-likeness (QED) is 0.725. The minimum Gasteiger partial charge on any atom is -0.320 e. The normalized spacial score (nSPS) is 12.5. The second-order valence-corrected chi connectivity index (χ2v) is 5.96. The van der Waals surface area contributed by atoms with Crippen molar-refractivity contribution in [1.82, 2.24) is 0 Å². The van der Waals surface area contributed by atoms with Gasteiger partial charge in [-0.15, -0.1) is 0 Å². The van der Waals surface area contributed by atoms with Crippen LogP contribution in [-0.4, -0.2) is 0 Å². The van der Waals surface area contributed by atoms with E-state index in [0.717, 1.165) is 11.1 Å². The molecule has 0 aliphatic heterocycles. The first-order valence-corrected chi connectivity index (χ1v) is 7.11. The SMILES string of the molecule is Cc1cc(Cl)ccc1C(N)c1cc(Cl)c(Br)cc1F. The van der Waals surface area contributed by atoms with Gasteiger partial charge in [0, 0.05) is 15.1 Å². The highest BCUT2D eigenvalue weighted by atomic mass is 79.9. The molecule has 2 rings (SSSR count). The van der Waals surface area contributed by atoms with Gasteiger partial charge < -0.3 is 5.73 Å². The van der Waals surface area contributed by atoms with Crippen LogP contribution >= 0.6 is 39.1 Å². The third kappa shape index (κ3) is 3.11. The fourth-order valence-electron chi connectivity index (χ4n) is 1.93. The van der Waals surface area contributed by atoms with E-state index in [9.17, 15) is 4.39 Å². The molecule has 5 heteroatoms. The Morgan fingerprint density at radius 1 is 1.16 bits per heavy atom. The van der Waals surface area contributed by atoms with E-state index in [-0.39, 0.29) is 0 Å². The zero-order valence-corrected chi connectivity index (χ0v) is 13.2. The van der Waals surface area contributed by atoms with Gasteiger partial charge in [0.05, 0.1) is 11.1 Å². The molecule has 19 heavy (non-hydrogen) atoms. The standard InChI is InChI=1S/C14H11BrCl2FN/c1-7-4-8(16)2-3-9(7)14(19)10-5-12(17)11(15)6-13(10)18/h2-6,14H,19H2,1H3. The van der Waals surface area contributed by atoms with Gasteiger partial charge >= 0.3 is 0 Å². The summed E-state index contributed by atoms with van der Waals surface area (Å²) in [6, 6.07) is 7.63. The Kier molecular flexibility index (Phi) is 4.51. The Labute approximate surface area is 129 Å². The summed E-state index contributed by atoms with van der Waals surface area (Å²) in [7, 11) is 0. The van der Waals surface area contributed by atoms with Crippen molar-refractivity contribution in [2.24, 2.45) is 5.73 Å². The molecule has 0 fully saturated rings. The van der Waals surface area contributed by atoms with Crippen LogP contribution in [0.3, 0.4) is 0 Å². The van der Waals surface area contributed by atoms with Gasteiger partial charge in [0.15, 0.2) is 0 Å². The fourth-order valence-corrected chi connectivity index (χ4v) is 2.65.